The van der Waals surface area contributed by atoms with Gasteiger partial charge in [-0.25, -0.2) is 0 Å². The van der Waals surface area contributed by atoms with E-state index < -0.39 is 0 Å². The molecule has 100 valence electrons. The summed E-state index contributed by atoms with van der Waals surface area (Å²) in [5, 5.41) is 8.97. The Bertz CT molecular complexity index is 392. The fourth-order valence-corrected chi connectivity index (χ4v) is 2.85. The van der Waals surface area contributed by atoms with E-state index in [-0.39, 0.29) is 6.61 Å². The number of fused-ring (bicyclic) bond motifs is 1. The van der Waals surface area contributed by atoms with Crippen molar-refractivity contribution in [3.05, 3.63) is 29.3 Å². The average Bonchev–Trinajstić information content (AvgIpc) is 2.38. The van der Waals surface area contributed by atoms with Crippen molar-refractivity contribution in [2.45, 2.75) is 25.2 Å². The van der Waals surface area contributed by atoms with Gasteiger partial charge in [0, 0.05) is 13.1 Å². The van der Waals surface area contributed by atoms with Crippen LogP contribution in [0.25, 0.3) is 0 Å². The fourth-order valence-electron chi connectivity index (χ4n) is 2.85. The van der Waals surface area contributed by atoms with Gasteiger partial charge >= 0.3 is 0 Å². The Morgan fingerprint density at radius 2 is 2.28 bits per heavy atom. The molecule has 3 nitrogen and oxygen atoms in total. The van der Waals surface area contributed by atoms with Gasteiger partial charge in [-0.15, -0.1) is 0 Å². The number of ether oxygens (including phenoxy) is 1. The number of nitrogens with zero attached hydrogens (tertiary/aromatic N) is 1. The Morgan fingerprint density at radius 1 is 1.44 bits per heavy atom. The van der Waals surface area contributed by atoms with Gasteiger partial charge in [0.2, 0.25) is 0 Å². The third kappa shape index (κ3) is 3.03. The van der Waals surface area contributed by atoms with Crippen LogP contribution < -0.4 is 4.74 Å². The molecule has 0 bridgehead atoms. The Balaban J connectivity index is 2.12. The molecule has 0 fully saturated rings. The molecule has 0 saturated heterocycles. The molecule has 1 unspecified atom stereocenters. The highest BCUT2D eigenvalue weighted by Crippen LogP contribution is 2.34. The maximum Gasteiger partial charge on any atom is 0.119 e. The number of methoxy groups -OCH3 is 1. The average molecular weight is 249 g/mol. The van der Waals surface area contributed by atoms with Gasteiger partial charge in [-0.1, -0.05) is 6.07 Å². The van der Waals surface area contributed by atoms with E-state index in [1.54, 1.807) is 7.11 Å². The van der Waals surface area contributed by atoms with Crippen molar-refractivity contribution < 1.29 is 9.84 Å². The molecule has 0 aromatic heterocycles. The summed E-state index contributed by atoms with van der Waals surface area (Å²) in [6.07, 6.45) is 3.65. The van der Waals surface area contributed by atoms with Crippen LogP contribution >= 0.6 is 0 Å². The molecular formula is C15H23NO2. The topological polar surface area (TPSA) is 32.7 Å². The van der Waals surface area contributed by atoms with Crippen LogP contribution in [0.1, 0.15) is 29.9 Å². The van der Waals surface area contributed by atoms with Crippen LogP contribution in [0.3, 0.4) is 0 Å². The summed E-state index contributed by atoms with van der Waals surface area (Å²) in [4.78, 5) is 2.21. The van der Waals surface area contributed by atoms with Gasteiger partial charge in [0.05, 0.1) is 13.7 Å². The molecule has 1 atom stereocenters. The molecule has 1 N–H and O–H groups in total. The highest BCUT2D eigenvalue weighted by Gasteiger charge is 2.21. The Morgan fingerprint density at radius 3 is 3.00 bits per heavy atom. The molecule has 3 heteroatoms. The Labute approximate surface area is 109 Å². The molecule has 0 saturated carbocycles. The van der Waals surface area contributed by atoms with E-state index in [1.807, 2.05) is 0 Å². The number of likely N-dealkylation sites (N-methyl/N-ethyl adjacent to an activating group) is 1. The van der Waals surface area contributed by atoms with E-state index in [0.29, 0.717) is 5.92 Å². The maximum atomic E-state index is 8.97. The smallest absolute Gasteiger partial charge is 0.119 e. The van der Waals surface area contributed by atoms with E-state index in [0.717, 1.165) is 25.3 Å². The highest BCUT2D eigenvalue weighted by molar-refractivity contribution is 5.39. The molecule has 0 heterocycles. The van der Waals surface area contributed by atoms with Gasteiger partial charge in [-0.3, -0.25) is 0 Å². The largest absolute Gasteiger partial charge is 0.497 e. The second-order valence-electron chi connectivity index (χ2n) is 5.14. The van der Waals surface area contributed by atoms with Crippen molar-refractivity contribution in [3.8, 4) is 5.75 Å². The molecular weight excluding hydrogens is 226 g/mol. The zero-order valence-electron chi connectivity index (χ0n) is 11.4. The van der Waals surface area contributed by atoms with Crippen LogP contribution in [0.2, 0.25) is 0 Å². The third-order valence-electron chi connectivity index (χ3n) is 3.80. The first-order valence-electron chi connectivity index (χ1n) is 6.71. The lowest BCUT2D eigenvalue weighted by Crippen LogP contribution is -2.29. The predicted octanol–water partition coefficient (Wildman–Crippen LogP) is 2.04. The monoisotopic (exact) mass is 249 g/mol. The summed E-state index contributed by atoms with van der Waals surface area (Å²) in [6, 6.07) is 6.45. The molecule has 0 aliphatic heterocycles. The van der Waals surface area contributed by atoms with Gasteiger partial charge in [0.1, 0.15) is 5.75 Å². The standard InChI is InChI=1S/C15H23NO2/c1-16(8-9-17)11-13-5-3-4-12-10-14(18-2)6-7-15(12)13/h6-7,10,13,17H,3-5,8-9,11H2,1-2H3. The molecule has 1 aliphatic carbocycles. The SMILES string of the molecule is COc1ccc2c(c1)CCCC2CN(C)CCO. The lowest BCUT2D eigenvalue weighted by Gasteiger charge is -2.29. The fraction of sp³-hybridized carbons (Fsp3) is 0.600. The summed E-state index contributed by atoms with van der Waals surface area (Å²) < 4.78 is 5.29. The van der Waals surface area contributed by atoms with Crippen LogP contribution in [0.5, 0.6) is 5.75 Å². The Kier molecular flexibility index (Phi) is 4.61. The summed E-state index contributed by atoms with van der Waals surface area (Å²) in [6.45, 7) is 2.01. The van der Waals surface area contributed by atoms with Crippen molar-refractivity contribution in [1.82, 2.24) is 4.90 Å². The number of hydrogen-bond donors (Lipinski definition) is 1. The second-order valence-corrected chi connectivity index (χ2v) is 5.14. The van der Waals surface area contributed by atoms with Gasteiger partial charge in [0.15, 0.2) is 0 Å². The normalized spacial score (nSPS) is 18.8. The molecule has 18 heavy (non-hydrogen) atoms. The number of aliphatic hydroxyl groups excluding tert-OH is 1. The summed E-state index contributed by atoms with van der Waals surface area (Å²) >= 11 is 0. The van der Waals surface area contributed by atoms with Crippen molar-refractivity contribution >= 4 is 0 Å². The van der Waals surface area contributed by atoms with Crippen LogP contribution in [0, 0.1) is 0 Å². The minimum absolute atomic E-state index is 0.235. The van der Waals surface area contributed by atoms with Crippen LogP contribution in [-0.2, 0) is 6.42 Å². The van der Waals surface area contributed by atoms with Crippen LogP contribution in [0.4, 0.5) is 0 Å². The molecule has 0 radical (unpaired) electrons. The summed E-state index contributed by atoms with van der Waals surface area (Å²) in [5.41, 5.74) is 2.90. The maximum absolute atomic E-state index is 8.97. The lowest BCUT2D eigenvalue weighted by atomic mass is 9.82. The first kappa shape index (κ1) is 13.4. The van der Waals surface area contributed by atoms with E-state index >= 15 is 0 Å². The summed E-state index contributed by atoms with van der Waals surface area (Å²) in [5.74, 6) is 1.55. The summed E-state index contributed by atoms with van der Waals surface area (Å²) in [7, 11) is 3.80. The Hall–Kier alpha value is -1.06. The zero-order valence-corrected chi connectivity index (χ0v) is 11.4. The van der Waals surface area contributed by atoms with Gasteiger partial charge in [-0.05, 0) is 55.5 Å². The molecule has 1 aromatic carbocycles. The number of rotatable bonds is 5. The quantitative estimate of drug-likeness (QED) is 0.867. The van der Waals surface area contributed by atoms with Crippen molar-refractivity contribution in [2.24, 2.45) is 0 Å². The van der Waals surface area contributed by atoms with Crippen LogP contribution in [-0.4, -0.2) is 43.9 Å². The van der Waals surface area contributed by atoms with E-state index in [2.05, 4.69) is 30.1 Å². The van der Waals surface area contributed by atoms with Crippen LogP contribution in [0.15, 0.2) is 18.2 Å². The molecule has 0 spiro atoms. The first-order valence-corrected chi connectivity index (χ1v) is 6.71. The van der Waals surface area contributed by atoms with Gasteiger partial charge in [-0.2, -0.15) is 0 Å². The first-order chi connectivity index (χ1) is 8.74. The zero-order chi connectivity index (χ0) is 13.0. The number of benzene rings is 1. The molecule has 0 amide bonds. The predicted molar refractivity (Wildman–Crippen MR) is 73.3 cm³/mol. The van der Waals surface area contributed by atoms with Gasteiger partial charge in [0.25, 0.3) is 0 Å². The lowest BCUT2D eigenvalue weighted by molar-refractivity contribution is 0.211. The highest BCUT2D eigenvalue weighted by atomic mass is 16.5. The van der Waals surface area contributed by atoms with Crippen molar-refractivity contribution in [1.29, 1.82) is 0 Å². The van der Waals surface area contributed by atoms with Crippen molar-refractivity contribution in [3.63, 3.8) is 0 Å². The van der Waals surface area contributed by atoms with E-state index in [4.69, 9.17) is 9.84 Å². The number of aliphatic hydroxyl groups is 1. The van der Waals surface area contributed by atoms with E-state index in [1.165, 1.54) is 24.0 Å². The minimum atomic E-state index is 0.235. The number of hydrogen-bond acceptors (Lipinski definition) is 3. The molecule has 1 aromatic rings. The second kappa shape index (κ2) is 6.21. The third-order valence-corrected chi connectivity index (χ3v) is 3.80. The number of aryl methyl sites for hydroxylation is 1. The van der Waals surface area contributed by atoms with Gasteiger partial charge < -0.3 is 14.7 Å². The van der Waals surface area contributed by atoms with Crippen molar-refractivity contribution in [2.75, 3.05) is 33.9 Å². The molecule has 2 rings (SSSR count). The van der Waals surface area contributed by atoms with E-state index in [9.17, 15) is 0 Å². The minimum Gasteiger partial charge on any atom is -0.497 e. The molecule has 1 aliphatic rings.